The number of fused-ring (bicyclic) bond motifs is 1. The fourth-order valence-electron chi connectivity index (χ4n) is 1.53. The van der Waals surface area contributed by atoms with Crippen molar-refractivity contribution < 1.29 is 9.72 Å². The predicted octanol–water partition coefficient (Wildman–Crippen LogP) is 2.21. The van der Waals surface area contributed by atoms with Crippen molar-refractivity contribution in [3.8, 4) is 0 Å². The Morgan fingerprint density at radius 1 is 1.07 bits per heavy atom. The van der Waals surface area contributed by atoms with Gasteiger partial charge in [0.05, 0.1) is 10.3 Å². The second-order valence-corrected chi connectivity index (χ2v) is 3.04. The van der Waals surface area contributed by atoms with Gasteiger partial charge in [0.25, 0.3) is 5.69 Å². The van der Waals surface area contributed by atoms with Crippen LogP contribution in [0.4, 0.5) is 5.69 Å². The molecule has 73 valence electrons. The van der Waals surface area contributed by atoms with Gasteiger partial charge in [0.15, 0.2) is 0 Å². The molecule has 2 rings (SSSR count). The Bertz CT molecular complexity index is 549. The smallest absolute Gasteiger partial charge is 0.277 e. The maximum Gasteiger partial charge on any atom is 0.277 e. The van der Waals surface area contributed by atoms with Crippen LogP contribution >= 0.6 is 0 Å². The third kappa shape index (κ3) is 1.46. The molecule has 0 spiro atoms. The third-order valence-corrected chi connectivity index (χ3v) is 2.21. The van der Waals surface area contributed by atoms with Gasteiger partial charge in [0.2, 0.25) is 6.29 Å². The normalized spacial score (nSPS) is 10.1. The highest BCUT2D eigenvalue weighted by Crippen LogP contribution is 2.27. The lowest BCUT2D eigenvalue weighted by Gasteiger charge is -2.00. The lowest BCUT2D eigenvalue weighted by atomic mass is 10.0. The van der Waals surface area contributed by atoms with E-state index < -0.39 is 4.92 Å². The zero-order valence-electron chi connectivity index (χ0n) is 7.64. The van der Waals surface area contributed by atoms with Crippen molar-refractivity contribution in [3.05, 3.63) is 52.1 Å². The summed E-state index contributed by atoms with van der Waals surface area (Å²) in [5.74, 6) is 0. The molecular formula is C11H6NO3. The van der Waals surface area contributed by atoms with Gasteiger partial charge in [0.1, 0.15) is 0 Å². The van der Waals surface area contributed by atoms with Gasteiger partial charge in [-0.1, -0.05) is 18.2 Å². The quantitative estimate of drug-likeness (QED) is 0.551. The summed E-state index contributed by atoms with van der Waals surface area (Å²) < 4.78 is 0. The molecular weight excluding hydrogens is 194 g/mol. The highest BCUT2D eigenvalue weighted by atomic mass is 16.6. The summed E-state index contributed by atoms with van der Waals surface area (Å²) in [5.41, 5.74) is 0.348. The first-order valence-corrected chi connectivity index (χ1v) is 4.28. The van der Waals surface area contributed by atoms with E-state index in [1.54, 1.807) is 30.6 Å². The number of hydrogen-bond acceptors (Lipinski definition) is 3. The Morgan fingerprint density at radius 2 is 1.73 bits per heavy atom. The van der Waals surface area contributed by atoms with Gasteiger partial charge >= 0.3 is 0 Å². The summed E-state index contributed by atoms with van der Waals surface area (Å²) in [7, 11) is 0. The Morgan fingerprint density at radius 3 is 2.33 bits per heavy atom. The van der Waals surface area contributed by atoms with E-state index in [0.29, 0.717) is 16.3 Å². The van der Waals surface area contributed by atoms with Gasteiger partial charge in [-0.15, -0.1) is 0 Å². The van der Waals surface area contributed by atoms with Crippen LogP contribution in [-0.2, 0) is 4.79 Å². The molecule has 0 amide bonds. The van der Waals surface area contributed by atoms with Crippen LogP contribution in [0.3, 0.4) is 0 Å². The van der Waals surface area contributed by atoms with E-state index >= 15 is 0 Å². The zero-order valence-corrected chi connectivity index (χ0v) is 7.64. The monoisotopic (exact) mass is 200 g/mol. The molecule has 0 unspecified atom stereocenters. The summed E-state index contributed by atoms with van der Waals surface area (Å²) in [6.07, 6.45) is 1.76. The van der Waals surface area contributed by atoms with E-state index in [4.69, 9.17) is 0 Å². The summed E-state index contributed by atoms with van der Waals surface area (Å²) in [4.78, 5) is 20.9. The molecule has 15 heavy (non-hydrogen) atoms. The first-order valence-electron chi connectivity index (χ1n) is 4.28. The molecule has 2 aromatic carbocycles. The molecule has 0 aliphatic carbocycles. The van der Waals surface area contributed by atoms with Crippen LogP contribution in [0.2, 0.25) is 0 Å². The number of nitro groups is 1. The van der Waals surface area contributed by atoms with Gasteiger partial charge in [-0.05, 0) is 17.5 Å². The molecule has 0 bridgehead atoms. The Balaban J connectivity index is 2.89. The van der Waals surface area contributed by atoms with Crippen molar-refractivity contribution in [1.29, 1.82) is 0 Å². The van der Waals surface area contributed by atoms with Crippen molar-refractivity contribution in [2.45, 2.75) is 0 Å². The predicted molar refractivity (Wildman–Crippen MR) is 55.4 cm³/mol. The number of non-ortho nitro benzene ring substituents is 1. The second kappa shape index (κ2) is 3.49. The average molecular weight is 200 g/mol. The molecule has 2 aromatic rings. The van der Waals surface area contributed by atoms with Gasteiger partial charge in [-0.2, -0.15) is 0 Å². The van der Waals surface area contributed by atoms with Gasteiger partial charge in [-0.3, -0.25) is 14.9 Å². The molecule has 1 radical (unpaired) electrons. The standard InChI is InChI=1S/C11H6NO3/c13-7-8-5-6-11(12(14)15)10-4-2-1-3-9(8)10/h1-6H. The summed E-state index contributed by atoms with van der Waals surface area (Å²) in [6.45, 7) is 0. The lowest BCUT2D eigenvalue weighted by Crippen LogP contribution is -1.92. The lowest BCUT2D eigenvalue weighted by molar-refractivity contribution is -0.383. The minimum absolute atomic E-state index is 0.00426. The summed E-state index contributed by atoms with van der Waals surface area (Å²) in [5, 5.41) is 11.7. The molecule has 4 nitrogen and oxygen atoms in total. The molecule has 0 saturated carbocycles. The molecule has 0 aliphatic rings. The number of hydrogen-bond donors (Lipinski definition) is 0. The van der Waals surface area contributed by atoms with E-state index in [-0.39, 0.29) is 5.69 Å². The number of benzene rings is 2. The van der Waals surface area contributed by atoms with Gasteiger partial charge in [0, 0.05) is 11.6 Å². The largest absolute Gasteiger partial charge is 0.285 e. The first-order chi connectivity index (χ1) is 7.24. The fraction of sp³-hybridized carbons (Fsp3) is 0. The van der Waals surface area contributed by atoms with Crippen molar-refractivity contribution in [2.75, 3.05) is 0 Å². The van der Waals surface area contributed by atoms with Crippen LogP contribution < -0.4 is 0 Å². The zero-order chi connectivity index (χ0) is 10.8. The molecule has 0 saturated heterocycles. The summed E-state index contributed by atoms with van der Waals surface area (Å²) >= 11 is 0. The van der Waals surface area contributed by atoms with Crippen molar-refractivity contribution in [1.82, 2.24) is 0 Å². The topological polar surface area (TPSA) is 60.2 Å². The highest BCUT2D eigenvalue weighted by molar-refractivity contribution is 6.02. The molecule has 0 N–H and O–H groups in total. The van der Waals surface area contributed by atoms with Crippen LogP contribution in [0.25, 0.3) is 10.8 Å². The van der Waals surface area contributed by atoms with Gasteiger partial charge < -0.3 is 0 Å². The first kappa shape index (κ1) is 9.33. The maximum absolute atomic E-state index is 10.7. The Hall–Kier alpha value is -2.23. The fourth-order valence-corrected chi connectivity index (χ4v) is 1.53. The van der Waals surface area contributed by atoms with Crippen molar-refractivity contribution in [2.24, 2.45) is 0 Å². The van der Waals surface area contributed by atoms with Crippen LogP contribution in [-0.4, -0.2) is 11.2 Å². The van der Waals surface area contributed by atoms with E-state index in [1.165, 1.54) is 12.1 Å². The Kier molecular flexibility index (Phi) is 2.17. The third-order valence-electron chi connectivity index (χ3n) is 2.21. The molecule has 0 fully saturated rings. The maximum atomic E-state index is 10.7. The van der Waals surface area contributed by atoms with Crippen LogP contribution in [0.1, 0.15) is 5.56 Å². The average Bonchev–Trinajstić information content (AvgIpc) is 2.27. The summed E-state index contributed by atoms with van der Waals surface area (Å²) in [6, 6.07) is 9.45. The second-order valence-electron chi connectivity index (χ2n) is 3.04. The van der Waals surface area contributed by atoms with E-state index in [9.17, 15) is 14.9 Å². The minimum Gasteiger partial charge on any atom is -0.285 e. The minimum atomic E-state index is -0.461. The van der Waals surface area contributed by atoms with Crippen LogP contribution in [0.5, 0.6) is 0 Å². The van der Waals surface area contributed by atoms with E-state index in [0.717, 1.165) is 0 Å². The van der Waals surface area contributed by atoms with E-state index in [2.05, 4.69) is 0 Å². The SMILES string of the molecule is O=[C]c1ccc([N+](=O)[O-])c2ccccc12. The molecule has 4 heteroatoms. The van der Waals surface area contributed by atoms with E-state index in [1.807, 2.05) is 0 Å². The highest BCUT2D eigenvalue weighted by Gasteiger charge is 2.13. The number of nitro benzene ring substituents is 1. The molecule has 0 atom stereocenters. The van der Waals surface area contributed by atoms with Crippen LogP contribution in [0.15, 0.2) is 36.4 Å². The Labute approximate surface area is 85.3 Å². The van der Waals surface area contributed by atoms with Crippen LogP contribution in [0, 0.1) is 10.1 Å². The molecule has 0 heterocycles. The van der Waals surface area contributed by atoms with Gasteiger partial charge in [-0.25, -0.2) is 0 Å². The van der Waals surface area contributed by atoms with Crippen molar-refractivity contribution >= 4 is 22.7 Å². The number of rotatable bonds is 2. The van der Waals surface area contributed by atoms with Crippen molar-refractivity contribution in [3.63, 3.8) is 0 Å². The number of carbonyl (C=O) groups excluding carboxylic acids is 1. The number of nitrogens with zero attached hydrogens (tertiary/aromatic N) is 1. The molecule has 0 aliphatic heterocycles. The molecule has 0 aromatic heterocycles.